The minimum Gasteiger partial charge on any atom is -0.497 e. The number of aromatic nitrogens is 3. The van der Waals surface area contributed by atoms with Crippen LogP contribution in [-0.2, 0) is 38.8 Å². The van der Waals surface area contributed by atoms with Crippen LogP contribution in [0.3, 0.4) is 0 Å². The summed E-state index contributed by atoms with van der Waals surface area (Å²) in [5.74, 6) is -2.71. The molecule has 0 N–H and O–H groups in total. The SMILES string of the molecule is COc1ccc(CN(Cc2ccc(OC)cc2)c2nccnc2[C@H](C)C2CCCc3cc(-c4nc(N(Cc5ccc(OC)cc5)Cc5ccc(OC)cc5)c(F)c(C)c4C(F)(F)F)c(F)c4cc(OC[C@@]56CCCN5C[C@]5(CC5(F)F)C6)cc2c34)cc1. The molecule has 3 fully saturated rings. The fourth-order valence-corrected chi connectivity index (χ4v) is 14.0. The van der Waals surface area contributed by atoms with Crippen LogP contribution in [0, 0.1) is 24.0 Å². The van der Waals surface area contributed by atoms with Gasteiger partial charge in [-0.3, -0.25) is 9.88 Å². The van der Waals surface area contributed by atoms with E-state index in [1.165, 1.54) is 26.4 Å². The Hall–Kier alpha value is -8.12. The number of halogens is 7. The van der Waals surface area contributed by atoms with E-state index in [2.05, 4.69) is 21.7 Å². The Morgan fingerprint density at radius 3 is 1.68 bits per heavy atom. The Labute approximate surface area is 502 Å². The van der Waals surface area contributed by atoms with Gasteiger partial charge in [0.05, 0.1) is 56.3 Å². The van der Waals surface area contributed by atoms with Gasteiger partial charge in [-0.2, -0.15) is 13.2 Å². The van der Waals surface area contributed by atoms with E-state index in [9.17, 15) is 0 Å². The number of anilines is 2. The maximum Gasteiger partial charge on any atom is 0.418 e. The summed E-state index contributed by atoms with van der Waals surface area (Å²) in [5, 5.41) is 0.515. The molecular weight excluding hydrogens is 1130 g/mol. The van der Waals surface area contributed by atoms with Gasteiger partial charge in [-0.25, -0.2) is 27.5 Å². The summed E-state index contributed by atoms with van der Waals surface area (Å²) in [4.78, 5) is 20.6. The van der Waals surface area contributed by atoms with Crippen molar-refractivity contribution in [1.29, 1.82) is 0 Å². The number of aryl methyl sites for hydroxylation is 1. The van der Waals surface area contributed by atoms with Crippen molar-refractivity contribution in [2.75, 3.05) is 57.9 Å². The molecule has 6 aromatic carbocycles. The lowest BCUT2D eigenvalue weighted by molar-refractivity contribution is -0.137. The number of hydrogen-bond donors (Lipinski definition) is 0. The molecule has 2 saturated heterocycles. The zero-order valence-electron chi connectivity index (χ0n) is 49.5. The van der Waals surface area contributed by atoms with Gasteiger partial charge in [0.2, 0.25) is 0 Å². The predicted molar refractivity (Wildman–Crippen MR) is 320 cm³/mol. The van der Waals surface area contributed by atoms with Crippen molar-refractivity contribution in [3.63, 3.8) is 0 Å². The van der Waals surface area contributed by atoms with Crippen molar-refractivity contribution < 1.29 is 54.4 Å². The zero-order valence-corrected chi connectivity index (χ0v) is 49.5. The fourth-order valence-electron chi connectivity index (χ4n) is 14.0. The van der Waals surface area contributed by atoms with E-state index in [0.29, 0.717) is 107 Å². The molecule has 0 radical (unpaired) electrons. The van der Waals surface area contributed by atoms with Crippen LogP contribution >= 0.6 is 0 Å². The van der Waals surface area contributed by atoms with Crippen molar-refractivity contribution in [2.24, 2.45) is 5.41 Å². The highest BCUT2D eigenvalue weighted by atomic mass is 19.4. The van der Waals surface area contributed by atoms with Crippen molar-refractivity contribution in [3.05, 3.63) is 189 Å². The van der Waals surface area contributed by atoms with Crippen LogP contribution in [0.4, 0.5) is 42.4 Å². The number of methoxy groups -OCH3 is 4. The lowest BCUT2D eigenvalue weighted by Gasteiger charge is -2.32. The molecule has 8 aromatic rings. The smallest absolute Gasteiger partial charge is 0.418 e. The molecule has 1 unspecified atom stereocenters. The van der Waals surface area contributed by atoms with Crippen molar-refractivity contribution in [1.82, 2.24) is 19.9 Å². The van der Waals surface area contributed by atoms with E-state index in [0.717, 1.165) is 24.5 Å². The lowest BCUT2D eigenvalue weighted by atomic mass is 9.80. The number of rotatable bonds is 20. The van der Waals surface area contributed by atoms with E-state index in [-0.39, 0.29) is 56.1 Å². The number of fused-ring (bicyclic) bond motifs is 1. The third-order valence-corrected chi connectivity index (χ3v) is 18.6. The Kier molecular flexibility index (Phi) is 16.0. The van der Waals surface area contributed by atoms with Gasteiger partial charge >= 0.3 is 6.18 Å². The second-order valence-electron chi connectivity index (χ2n) is 24.0. The van der Waals surface area contributed by atoms with Crippen LogP contribution in [0.1, 0.15) is 107 Å². The summed E-state index contributed by atoms with van der Waals surface area (Å²) in [7, 11) is 6.29. The van der Waals surface area contributed by atoms with Gasteiger partial charge in [0.25, 0.3) is 5.92 Å². The average Bonchev–Trinajstić information content (AvgIpc) is 1.56. The largest absolute Gasteiger partial charge is 0.497 e. The van der Waals surface area contributed by atoms with Gasteiger partial charge in [-0.1, -0.05) is 55.5 Å². The summed E-state index contributed by atoms with van der Waals surface area (Å²) in [6.07, 6.45) is 1.07. The molecule has 11 nitrogen and oxygen atoms in total. The van der Waals surface area contributed by atoms with Crippen LogP contribution < -0.4 is 33.5 Å². The molecule has 4 aliphatic rings. The van der Waals surface area contributed by atoms with Crippen molar-refractivity contribution in [3.8, 4) is 40.0 Å². The third kappa shape index (κ3) is 11.5. The molecule has 12 rings (SSSR count). The normalized spacial score (nSPS) is 19.8. The Morgan fingerprint density at radius 2 is 1.17 bits per heavy atom. The average molecular weight is 1200 g/mol. The molecule has 454 valence electrons. The van der Waals surface area contributed by atoms with Crippen molar-refractivity contribution >= 4 is 22.4 Å². The number of pyridine rings is 1. The third-order valence-electron chi connectivity index (χ3n) is 18.6. The minimum atomic E-state index is -5.18. The maximum absolute atomic E-state index is 18.7. The van der Waals surface area contributed by atoms with Crippen LogP contribution in [0.5, 0.6) is 28.7 Å². The van der Waals surface area contributed by atoms with E-state index < -0.39 is 68.8 Å². The summed E-state index contributed by atoms with van der Waals surface area (Å²) in [6, 6.07) is 34.6. The number of alkyl halides is 5. The second-order valence-corrected chi connectivity index (χ2v) is 24.0. The van der Waals surface area contributed by atoms with Gasteiger partial charge in [-0.05, 0) is 163 Å². The highest BCUT2D eigenvalue weighted by molar-refractivity contribution is 5.96. The first kappa shape index (κ1) is 59.2. The molecule has 18 heteroatoms. The first-order valence-corrected chi connectivity index (χ1v) is 29.5. The van der Waals surface area contributed by atoms with E-state index in [4.69, 9.17) is 33.7 Å². The molecule has 4 heterocycles. The molecule has 1 spiro atoms. The number of nitrogens with zero attached hydrogens (tertiary/aromatic N) is 6. The molecule has 0 amide bonds. The Bertz CT molecular complexity index is 3720. The standard InChI is InChI=1S/C69H69F7N6O5/c1-42(62-65(78-29-28-77-62)81(36-46-15-23-51(85-5)24-16-46)37-47-17-25-52(86-6)26-18-47)54-10-7-9-48-31-57(61(71)56-33-53(32-55(54)58(48)56)87-41-67-27-8-30-82(67)40-66(38-67)39-68(66,72)73)63-59(69(74,75)76)43(2)60(70)64(79-63)80(34-44-11-19-49(83-3)20-12-44)35-45-13-21-50(84-4)22-14-45/h11-26,28-29,31-33,42,54H,7-10,27,30,34-41H2,1-6H3/t42-,54?,66-,67+/m1/s1. The number of ether oxygens (including phenoxy) is 5. The maximum atomic E-state index is 18.7. The number of hydrogen-bond acceptors (Lipinski definition) is 11. The summed E-state index contributed by atoms with van der Waals surface area (Å²) in [6.45, 7) is 4.96. The van der Waals surface area contributed by atoms with Gasteiger partial charge in [-0.15, -0.1) is 0 Å². The van der Waals surface area contributed by atoms with Gasteiger partial charge in [0.15, 0.2) is 17.5 Å². The van der Waals surface area contributed by atoms with E-state index >= 15 is 30.7 Å². The molecule has 2 aliphatic carbocycles. The van der Waals surface area contributed by atoms with Crippen LogP contribution in [0.15, 0.2) is 128 Å². The fraction of sp³-hybridized carbons (Fsp3) is 0.377. The Morgan fingerprint density at radius 1 is 0.655 bits per heavy atom. The van der Waals surface area contributed by atoms with Gasteiger partial charge < -0.3 is 33.5 Å². The molecule has 2 aliphatic heterocycles. The summed E-state index contributed by atoms with van der Waals surface area (Å²) >= 11 is 0. The minimum absolute atomic E-state index is 0.00159. The molecule has 87 heavy (non-hydrogen) atoms. The van der Waals surface area contributed by atoms with Crippen LogP contribution in [0.2, 0.25) is 0 Å². The molecule has 1 saturated carbocycles. The van der Waals surface area contributed by atoms with Gasteiger partial charge in [0, 0.05) is 74.0 Å². The van der Waals surface area contributed by atoms with Crippen LogP contribution in [0.25, 0.3) is 22.0 Å². The Balaban J connectivity index is 1.01. The predicted octanol–water partition coefficient (Wildman–Crippen LogP) is 15.6. The molecule has 2 aromatic heterocycles. The van der Waals surface area contributed by atoms with E-state index in [1.807, 2.05) is 54.6 Å². The molecule has 4 atom stereocenters. The summed E-state index contributed by atoms with van der Waals surface area (Å²) < 4.78 is 142. The van der Waals surface area contributed by atoms with E-state index in [1.54, 1.807) is 80.0 Å². The summed E-state index contributed by atoms with van der Waals surface area (Å²) in [5.41, 5.74) is 0.134. The van der Waals surface area contributed by atoms with Gasteiger partial charge in [0.1, 0.15) is 41.2 Å². The topological polar surface area (TPSA) is 94.5 Å². The lowest BCUT2D eigenvalue weighted by Crippen LogP contribution is -2.43. The zero-order chi connectivity index (χ0) is 61.0. The van der Waals surface area contributed by atoms with Crippen LogP contribution in [-0.4, -0.2) is 79.4 Å². The second kappa shape index (κ2) is 23.5. The molecule has 0 bridgehead atoms. The van der Waals surface area contributed by atoms with Crippen molar-refractivity contribution in [2.45, 2.75) is 114 Å². The highest BCUT2D eigenvalue weighted by Crippen LogP contribution is 2.69. The monoisotopic (exact) mass is 1190 g/mol. The quantitative estimate of drug-likeness (QED) is 0.0683. The highest BCUT2D eigenvalue weighted by Gasteiger charge is 2.77. The first-order valence-electron chi connectivity index (χ1n) is 29.5. The first-order chi connectivity index (χ1) is 41.8. The number of benzene rings is 6. The molecular formula is C69H69F7N6O5.